The first-order valence-corrected chi connectivity index (χ1v) is 8.85. The molecule has 2 heterocycles. The minimum atomic E-state index is 0.167. The maximum absolute atomic E-state index is 5.66. The summed E-state index contributed by atoms with van der Waals surface area (Å²) < 4.78 is 5.66. The highest BCUT2D eigenvalue weighted by atomic mass is 16.5. The molecule has 0 radical (unpaired) electrons. The number of nitrogens with zero attached hydrogens (tertiary/aromatic N) is 5. The van der Waals surface area contributed by atoms with Crippen LogP contribution in [0, 0.1) is 0 Å². The zero-order valence-electron chi connectivity index (χ0n) is 15.1. The normalized spacial score (nSPS) is 15.4. The van der Waals surface area contributed by atoms with Crippen molar-refractivity contribution in [1.29, 1.82) is 0 Å². The zero-order chi connectivity index (χ0) is 17.6. The molecule has 0 unspecified atom stereocenters. The van der Waals surface area contributed by atoms with Crippen LogP contribution in [0.3, 0.4) is 0 Å². The first kappa shape index (κ1) is 17.4. The standard InChI is InChI=1S/C18H26N6O/c1-4-23-9-11-24(12-10-23)18-21-17(13-19-22-18)20-15-5-7-16(8-6-15)25-14(2)3/h5-8,13-14H,4,9-12H2,1-3H3,(H,20,21,22). The van der Waals surface area contributed by atoms with Crippen molar-refractivity contribution >= 4 is 17.5 Å². The predicted octanol–water partition coefficient (Wildman–Crippen LogP) is 2.54. The molecule has 2 aromatic rings. The van der Waals surface area contributed by atoms with Gasteiger partial charge in [-0.25, -0.2) is 0 Å². The number of nitrogens with one attached hydrogen (secondary N) is 1. The molecule has 1 aromatic carbocycles. The number of likely N-dealkylation sites (N-methyl/N-ethyl adjacent to an activating group) is 1. The molecule has 0 bridgehead atoms. The van der Waals surface area contributed by atoms with Gasteiger partial charge in [0.15, 0.2) is 5.82 Å². The quantitative estimate of drug-likeness (QED) is 0.865. The minimum absolute atomic E-state index is 0.167. The molecule has 1 N–H and O–H groups in total. The summed E-state index contributed by atoms with van der Waals surface area (Å²) in [4.78, 5) is 9.21. The van der Waals surface area contributed by atoms with Crippen LogP contribution >= 0.6 is 0 Å². The number of ether oxygens (including phenoxy) is 1. The van der Waals surface area contributed by atoms with Crippen LogP contribution in [-0.4, -0.2) is 58.9 Å². The lowest BCUT2D eigenvalue weighted by Gasteiger charge is -2.33. The molecule has 25 heavy (non-hydrogen) atoms. The number of anilines is 3. The molecule has 134 valence electrons. The Morgan fingerprint density at radius 3 is 2.48 bits per heavy atom. The van der Waals surface area contributed by atoms with Crippen LogP contribution in [0.15, 0.2) is 30.5 Å². The number of rotatable bonds is 6. The summed E-state index contributed by atoms with van der Waals surface area (Å²) >= 11 is 0. The molecule has 0 saturated carbocycles. The smallest absolute Gasteiger partial charge is 0.247 e. The highest BCUT2D eigenvalue weighted by Crippen LogP contribution is 2.20. The number of hydrogen-bond acceptors (Lipinski definition) is 7. The first-order valence-electron chi connectivity index (χ1n) is 8.85. The monoisotopic (exact) mass is 342 g/mol. The van der Waals surface area contributed by atoms with E-state index in [1.807, 2.05) is 38.1 Å². The second-order valence-electron chi connectivity index (χ2n) is 6.38. The lowest BCUT2D eigenvalue weighted by Crippen LogP contribution is -2.46. The maximum atomic E-state index is 5.66. The van der Waals surface area contributed by atoms with Gasteiger partial charge in [-0.2, -0.15) is 10.1 Å². The Bertz CT molecular complexity index is 668. The van der Waals surface area contributed by atoms with Gasteiger partial charge < -0.3 is 19.9 Å². The van der Waals surface area contributed by atoms with E-state index in [1.165, 1.54) is 0 Å². The van der Waals surface area contributed by atoms with Crippen molar-refractivity contribution in [2.24, 2.45) is 0 Å². The van der Waals surface area contributed by atoms with Crippen LogP contribution < -0.4 is 15.0 Å². The highest BCUT2D eigenvalue weighted by molar-refractivity contribution is 5.57. The Morgan fingerprint density at radius 1 is 1.12 bits per heavy atom. The Hall–Kier alpha value is -2.41. The summed E-state index contributed by atoms with van der Waals surface area (Å²) in [7, 11) is 0. The molecule has 1 fully saturated rings. The van der Waals surface area contributed by atoms with Gasteiger partial charge in [0.05, 0.1) is 12.3 Å². The highest BCUT2D eigenvalue weighted by Gasteiger charge is 2.18. The van der Waals surface area contributed by atoms with E-state index in [0.29, 0.717) is 11.8 Å². The number of aromatic nitrogens is 3. The minimum Gasteiger partial charge on any atom is -0.491 e. The fourth-order valence-electron chi connectivity index (χ4n) is 2.79. The van der Waals surface area contributed by atoms with Crippen LogP contribution in [0.25, 0.3) is 0 Å². The molecule has 0 amide bonds. The molecule has 7 nitrogen and oxygen atoms in total. The van der Waals surface area contributed by atoms with Crippen LogP contribution in [0.5, 0.6) is 5.75 Å². The van der Waals surface area contributed by atoms with E-state index in [2.05, 4.69) is 37.2 Å². The fourth-order valence-corrected chi connectivity index (χ4v) is 2.79. The van der Waals surface area contributed by atoms with E-state index < -0.39 is 0 Å². The Morgan fingerprint density at radius 2 is 1.84 bits per heavy atom. The van der Waals surface area contributed by atoms with Crippen molar-refractivity contribution in [3.8, 4) is 5.75 Å². The Kier molecular flexibility index (Phi) is 5.65. The van der Waals surface area contributed by atoms with E-state index >= 15 is 0 Å². The molecule has 0 atom stereocenters. The van der Waals surface area contributed by atoms with Gasteiger partial charge in [0.1, 0.15) is 5.75 Å². The first-order chi connectivity index (χ1) is 12.1. The Balaban J connectivity index is 1.63. The largest absolute Gasteiger partial charge is 0.491 e. The van der Waals surface area contributed by atoms with E-state index in [9.17, 15) is 0 Å². The second-order valence-corrected chi connectivity index (χ2v) is 6.38. The second kappa shape index (κ2) is 8.11. The van der Waals surface area contributed by atoms with E-state index in [1.54, 1.807) is 6.20 Å². The van der Waals surface area contributed by atoms with Gasteiger partial charge in [-0.1, -0.05) is 6.92 Å². The van der Waals surface area contributed by atoms with Crippen LogP contribution in [0.1, 0.15) is 20.8 Å². The third-order valence-electron chi connectivity index (χ3n) is 4.15. The summed E-state index contributed by atoms with van der Waals surface area (Å²) in [5.74, 6) is 2.23. The van der Waals surface area contributed by atoms with Gasteiger partial charge in [0.2, 0.25) is 5.95 Å². The van der Waals surface area contributed by atoms with E-state index in [0.717, 1.165) is 44.2 Å². The van der Waals surface area contributed by atoms with Crippen LogP contribution in [0.2, 0.25) is 0 Å². The molecule has 1 aliphatic heterocycles. The molecule has 3 rings (SSSR count). The van der Waals surface area contributed by atoms with Crippen molar-refractivity contribution in [3.05, 3.63) is 30.5 Å². The lowest BCUT2D eigenvalue weighted by molar-refractivity contribution is 0.242. The molecule has 0 spiro atoms. The number of piperazine rings is 1. The molecule has 1 aromatic heterocycles. The average molecular weight is 342 g/mol. The van der Waals surface area contributed by atoms with Crippen molar-refractivity contribution in [3.63, 3.8) is 0 Å². The van der Waals surface area contributed by atoms with Crippen molar-refractivity contribution in [2.75, 3.05) is 42.9 Å². The van der Waals surface area contributed by atoms with Crippen LogP contribution in [0.4, 0.5) is 17.5 Å². The van der Waals surface area contributed by atoms with Crippen molar-refractivity contribution in [1.82, 2.24) is 20.1 Å². The zero-order valence-corrected chi connectivity index (χ0v) is 15.1. The Labute approximate surface area is 149 Å². The molecular weight excluding hydrogens is 316 g/mol. The van der Waals surface area contributed by atoms with E-state index in [4.69, 9.17) is 4.74 Å². The summed E-state index contributed by atoms with van der Waals surface area (Å²) in [5, 5.41) is 11.6. The lowest BCUT2D eigenvalue weighted by atomic mass is 10.3. The summed E-state index contributed by atoms with van der Waals surface area (Å²) in [6.07, 6.45) is 1.81. The summed E-state index contributed by atoms with van der Waals surface area (Å²) in [6, 6.07) is 7.84. The van der Waals surface area contributed by atoms with Crippen molar-refractivity contribution in [2.45, 2.75) is 26.9 Å². The fraction of sp³-hybridized carbons (Fsp3) is 0.500. The topological polar surface area (TPSA) is 66.4 Å². The molecule has 7 heteroatoms. The van der Waals surface area contributed by atoms with Gasteiger partial charge in [-0.05, 0) is 44.7 Å². The van der Waals surface area contributed by atoms with Crippen molar-refractivity contribution < 1.29 is 4.74 Å². The van der Waals surface area contributed by atoms with Gasteiger partial charge in [0.25, 0.3) is 0 Å². The summed E-state index contributed by atoms with van der Waals surface area (Å²) in [6.45, 7) is 11.2. The third-order valence-corrected chi connectivity index (χ3v) is 4.15. The molecular formula is C18H26N6O. The van der Waals surface area contributed by atoms with Gasteiger partial charge in [0, 0.05) is 31.9 Å². The van der Waals surface area contributed by atoms with Gasteiger partial charge >= 0.3 is 0 Å². The maximum Gasteiger partial charge on any atom is 0.247 e. The molecule has 0 aliphatic carbocycles. The molecule has 1 saturated heterocycles. The molecule has 1 aliphatic rings. The van der Waals surface area contributed by atoms with Gasteiger partial charge in [-0.15, -0.1) is 5.10 Å². The third kappa shape index (κ3) is 4.79. The van der Waals surface area contributed by atoms with Crippen LogP contribution in [-0.2, 0) is 0 Å². The van der Waals surface area contributed by atoms with E-state index in [-0.39, 0.29) is 6.10 Å². The average Bonchev–Trinajstić information content (AvgIpc) is 2.63. The SMILES string of the molecule is CCN1CCN(c2nncc(Nc3ccc(OC(C)C)cc3)n2)CC1. The summed E-state index contributed by atoms with van der Waals surface area (Å²) in [5.41, 5.74) is 0.943. The number of benzene rings is 1. The number of hydrogen-bond donors (Lipinski definition) is 1. The predicted molar refractivity (Wildman–Crippen MR) is 99.6 cm³/mol. The van der Waals surface area contributed by atoms with Gasteiger partial charge in [-0.3, -0.25) is 0 Å².